The van der Waals surface area contributed by atoms with E-state index < -0.39 is 0 Å². The molecule has 1 aromatic rings. The highest BCUT2D eigenvalue weighted by Crippen LogP contribution is 2.19. The number of aromatic nitrogens is 1. The Morgan fingerprint density at radius 1 is 1.40 bits per heavy atom. The van der Waals surface area contributed by atoms with Crippen LogP contribution in [-0.2, 0) is 0 Å². The first kappa shape index (κ1) is 11.0. The molecule has 0 aliphatic carbocycles. The van der Waals surface area contributed by atoms with Crippen LogP contribution in [0.3, 0.4) is 0 Å². The molecule has 0 aromatic carbocycles. The minimum Gasteiger partial charge on any atom is -0.306 e. The van der Waals surface area contributed by atoms with Gasteiger partial charge in [0, 0.05) is 18.3 Å². The first-order valence-corrected chi connectivity index (χ1v) is 6.76. The van der Waals surface area contributed by atoms with E-state index in [4.69, 9.17) is 0 Å². The van der Waals surface area contributed by atoms with Crippen LogP contribution in [0.25, 0.3) is 0 Å². The highest BCUT2D eigenvalue weighted by atomic mass is 32.2. The van der Waals surface area contributed by atoms with Crippen LogP contribution in [0.2, 0.25) is 0 Å². The maximum atomic E-state index is 4.38. The molecule has 0 saturated carbocycles. The van der Waals surface area contributed by atoms with Gasteiger partial charge in [0.15, 0.2) is 0 Å². The molecule has 82 valence electrons. The molecule has 0 bridgehead atoms. The van der Waals surface area contributed by atoms with Crippen molar-refractivity contribution in [2.75, 3.05) is 11.5 Å². The maximum absolute atomic E-state index is 4.38. The van der Waals surface area contributed by atoms with E-state index in [0.717, 1.165) is 5.69 Å². The Labute approximate surface area is 95.9 Å². The fourth-order valence-corrected chi connectivity index (χ4v) is 3.04. The number of pyridine rings is 1. The second kappa shape index (κ2) is 5.52. The molecule has 2 rings (SSSR count). The minimum atomic E-state index is 0.374. The molecule has 1 atom stereocenters. The first-order valence-electron chi connectivity index (χ1n) is 5.61. The summed E-state index contributed by atoms with van der Waals surface area (Å²) in [7, 11) is 0. The molecule has 0 amide bonds. The highest BCUT2D eigenvalue weighted by molar-refractivity contribution is 7.99. The van der Waals surface area contributed by atoms with Gasteiger partial charge in [-0.25, -0.2) is 0 Å². The zero-order chi connectivity index (χ0) is 10.5. The summed E-state index contributed by atoms with van der Waals surface area (Å²) in [5.41, 5.74) is 1.15. The van der Waals surface area contributed by atoms with Gasteiger partial charge in [-0.15, -0.1) is 0 Å². The number of nitrogens with one attached hydrogen (secondary N) is 1. The van der Waals surface area contributed by atoms with Crippen LogP contribution in [0.15, 0.2) is 24.4 Å². The van der Waals surface area contributed by atoms with Crippen molar-refractivity contribution in [3.8, 4) is 0 Å². The molecule has 3 heteroatoms. The smallest absolute Gasteiger partial charge is 0.0570 e. The largest absolute Gasteiger partial charge is 0.306 e. The van der Waals surface area contributed by atoms with Gasteiger partial charge in [-0.1, -0.05) is 6.07 Å². The highest BCUT2D eigenvalue weighted by Gasteiger charge is 2.16. The monoisotopic (exact) mass is 222 g/mol. The summed E-state index contributed by atoms with van der Waals surface area (Å²) in [6.07, 6.45) is 4.45. The molecule has 0 spiro atoms. The molecule has 1 fully saturated rings. The molecular formula is C12H18N2S. The van der Waals surface area contributed by atoms with Crippen molar-refractivity contribution in [1.29, 1.82) is 0 Å². The Kier molecular flexibility index (Phi) is 4.03. The molecule has 1 aliphatic rings. The second-order valence-electron chi connectivity index (χ2n) is 4.03. The molecule has 2 nitrogen and oxygen atoms in total. The van der Waals surface area contributed by atoms with Gasteiger partial charge >= 0.3 is 0 Å². The van der Waals surface area contributed by atoms with Crippen LogP contribution in [0.4, 0.5) is 0 Å². The van der Waals surface area contributed by atoms with Crippen molar-refractivity contribution < 1.29 is 0 Å². The third-order valence-electron chi connectivity index (χ3n) is 2.84. The van der Waals surface area contributed by atoms with Crippen molar-refractivity contribution >= 4 is 11.8 Å². The lowest BCUT2D eigenvalue weighted by atomic mass is 10.1. The topological polar surface area (TPSA) is 24.9 Å². The van der Waals surface area contributed by atoms with Crippen molar-refractivity contribution in [3.63, 3.8) is 0 Å². The Morgan fingerprint density at radius 3 is 2.87 bits per heavy atom. The van der Waals surface area contributed by atoms with Crippen molar-refractivity contribution in [2.45, 2.75) is 31.8 Å². The lowest BCUT2D eigenvalue weighted by Gasteiger charge is -2.26. The molecule has 15 heavy (non-hydrogen) atoms. The van der Waals surface area contributed by atoms with Crippen LogP contribution < -0.4 is 5.32 Å². The molecule has 0 unspecified atom stereocenters. The lowest BCUT2D eigenvalue weighted by Crippen LogP contribution is -2.34. The number of thioether (sulfide) groups is 1. The maximum Gasteiger partial charge on any atom is 0.0570 e. The average Bonchev–Trinajstić information content (AvgIpc) is 2.31. The van der Waals surface area contributed by atoms with E-state index in [1.54, 1.807) is 0 Å². The van der Waals surface area contributed by atoms with Crippen molar-refractivity contribution in [2.24, 2.45) is 0 Å². The van der Waals surface area contributed by atoms with Crippen LogP contribution in [0.5, 0.6) is 0 Å². The van der Waals surface area contributed by atoms with E-state index in [0.29, 0.717) is 12.1 Å². The molecular weight excluding hydrogens is 204 g/mol. The van der Waals surface area contributed by atoms with Gasteiger partial charge in [0.05, 0.1) is 5.69 Å². The summed E-state index contributed by atoms with van der Waals surface area (Å²) in [4.78, 5) is 4.38. The van der Waals surface area contributed by atoms with Gasteiger partial charge < -0.3 is 5.32 Å². The van der Waals surface area contributed by atoms with E-state index in [2.05, 4.69) is 41.1 Å². The predicted octanol–water partition coefficient (Wildman–Crippen LogP) is 2.63. The van der Waals surface area contributed by atoms with Gasteiger partial charge in [0.1, 0.15) is 0 Å². The summed E-state index contributed by atoms with van der Waals surface area (Å²) in [6, 6.07) is 7.17. The normalized spacial score (nSPS) is 20.1. The summed E-state index contributed by atoms with van der Waals surface area (Å²) >= 11 is 2.07. The van der Waals surface area contributed by atoms with E-state index in [1.165, 1.54) is 24.3 Å². The average molecular weight is 222 g/mol. The van der Waals surface area contributed by atoms with Gasteiger partial charge in [-0.3, -0.25) is 4.98 Å². The van der Waals surface area contributed by atoms with Crippen LogP contribution in [0.1, 0.15) is 31.5 Å². The fourth-order valence-electron chi connectivity index (χ4n) is 1.94. The standard InChI is InChI=1S/C12H18N2S/c1-10(12-4-2-3-7-13-12)14-11-5-8-15-9-6-11/h2-4,7,10-11,14H,5-6,8-9H2,1H3/t10-/m1/s1. The zero-order valence-electron chi connectivity index (χ0n) is 9.15. The van der Waals surface area contributed by atoms with Crippen LogP contribution in [-0.4, -0.2) is 22.5 Å². The van der Waals surface area contributed by atoms with E-state index >= 15 is 0 Å². The van der Waals surface area contributed by atoms with E-state index in [9.17, 15) is 0 Å². The summed E-state index contributed by atoms with van der Waals surface area (Å²) in [5, 5.41) is 3.66. The molecule has 1 saturated heterocycles. The second-order valence-corrected chi connectivity index (χ2v) is 5.25. The Bertz CT molecular complexity index is 283. The third kappa shape index (κ3) is 3.21. The molecule has 0 radical (unpaired) electrons. The quantitative estimate of drug-likeness (QED) is 0.851. The number of hydrogen-bond acceptors (Lipinski definition) is 3. The predicted molar refractivity (Wildman–Crippen MR) is 66.1 cm³/mol. The van der Waals surface area contributed by atoms with Crippen molar-refractivity contribution in [3.05, 3.63) is 30.1 Å². The number of hydrogen-bond donors (Lipinski definition) is 1. The van der Waals surface area contributed by atoms with Gasteiger partial charge in [0.25, 0.3) is 0 Å². The summed E-state index contributed by atoms with van der Waals surface area (Å²) < 4.78 is 0. The Hall–Kier alpha value is -0.540. The Balaban J connectivity index is 1.88. The summed E-state index contributed by atoms with van der Waals surface area (Å²) in [6.45, 7) is 2.20. The molecule has 1 N–H and O–H groups in total. The van der Waals surface area contributed by atoms with Crippen LogP contribution >= 0.6 is 11.8 Å². The number of nitrogens with zero attached hydrogens (tertiary/aromatic N) is 1. The SMILES string of the molecule is C[C@@H](NC1CCSCC1)c1ccccn1. The summed E-state index contributed by atoms with van der Waals surface area (Å²) in [5.74, 6) is 2.60. The van der Waals surface area contributed by atoms with Crippen molar-refractivity contribution in [1.82, 2.24) is 10.3 Å². The third-order valence-corrected chi connectivity index (χ3v) is 3.89. The Morgan fingerprint density at radius 2 is 2.20 bits per heavy atom. The fraction of sp³-hybridized carbons (Fsp3) is 0.583. The van der Waals surface area contributed by atoms with Crippen LogP contribution in [0, 0.1) is 0 Å². The van der Waals surface area contributed by atoms with Gasteiger partial charge in [-0.05, 0) is 43.4 Å². The van der Waals surface area contributed by atoms with E-state index in [1.807, 2.05) is 12.3 Å². The van der Waals surface area contributed by atoms with Gasteiger partial charge in [0.2, 0.25) is 0 Å². The van der Waals surface area contributed by atoms with Gasteiger partial charge in [-0.2, -0.15) is 11.8 Å². The first-order chi connectivity index (χ1) is 7.36. The molecule has 1 aliphatic heterocycles. The molecule has 2 heterocycles. The lowest BCUT2D eigenvalue weighted by molar-refractivity contribution is 0.426. The minimum absolute atomic E-state index is 0.374. The number of rotatable bonds is 3. The zero-order valence-corrected chi connectivity index (χ0v) is 9.96. The molecule has 1 aromatic heterocycles. The van der Waals surface area contributed by atoms with E-state index in [-0.39, 0.29) is 0 Å².